The van der Waals surface area contributed by atoms with Crippen molar-refractivity contribution in [1.29, 1.82) is 0 Å². The van der Waals surface area contributed by atoms with Gasteiger partial charge in [0.1, 0.15) is 0 Å². The minimum absolute atomic E-state index is 0.0854. The lowest BCUT2D eigenvalue weighted by Gasteiger charge is -2.36. The van der Waals surface area contributed by atoms with E-state index in [9.17, 15) is 13.2 Å². The zero-order valence-corrected chi connectivity index (χ0v) is 18.3. The molecule has 152 valence electrons. The van der Waals surface area contributed by atoms with Crippen LogP contribution >= 0.6 is 15.9 Å². The third-order valence-corrected chi connectivity index (χ3v) is 7.68. The molecule has 0 bridgehead atoms. The number of carbonyl (C=O) groups is 1. The molecule has 0 spiro atoms. The van der Waals surface area contributed by atoms with Crippen molar-refractivity contribution in [1.82, 2.24) is 14.7 Å². The second-order valence-corrected chi connectivity index (χ2v) is 10.4. The maximum absolute atomic E-state index is 12.5. The van der Waals surface area contributed by atoms with E-state index in [4.69, 9.17) is 4.42 Å². The van der Waals surface area contributed by atoms with Crippen molar-refractivity contribution in [3.8, 4) is 0 Å². The highest BCUT2D eigenvalue weighted by Crippen LogP contribution is 2.31. The monoisotopic (exact) mass is 470 g/mol. The number of furan rings is 1. The largest absolute Gasteiger partial charge is 0.444 e. The second kappa shape index (κ2) is 7.22. The van der Waals surface area contributed by atoms with Crippen molar-refractivity contribution in [2.24, 2.45) is 0 Å². The fourth-order valence-corrected chi connectivity index (χ4v) is 6.15. The van der Waals surface area contributed by atoms with Crippen LogP contribution in [-0.4, -0.2) is 66.7 Å². The van der Waals surface area contributed by atoms with Crippen LogP contribution in [0.5, 0.6) is 0 Å². The predicted molar refractivity (Wildman–Crippen MR) is 109 cm³/mol. The third kappa shape index (κ3) is 3.59. The summed E-state index contributed by atoms with van der Waals surface area (Å²) in [6, 6.07) is 3.30. The van der Waals surface area contributed by atoms with Gasteiger partial charge >= 0.3 is 0 Å². The number of hydrogen-bond acceptors (Lipinski definition) is 6. The summed E-state index contributed by atoms with van der Waals surface area (Å²) in [6.07, 6.45) is 0.616. The minimum atomic E-state index is -2.96. The topological polar surface area (TPSA) is 88.7 Å². The fraction of sp³-hybridized carbons (Fsp3) is 0.556. The number of carbonyl (C=O) groups excluding carboxylic acids is 1. The molecule has 2 aliphatic rings. The first kappa shape index (κ1) is 19.5. The van der Waals surface area contributed by atoms with Crippen molar-refractivity contribution < 1.29 is 17.6 Å². The van der Waals surface area contributed by atoms with Gasteiger partial charge in [-0.1, -0.05) is 0 Å². The summed E-state index contributed by atoms with van der Waals surface area (Å²) in [5.74, 6) is 0.623. The Bertz CT molecular complexity index is 1000. The quantitative estimate of drug-likeness (QED) is 0.682. The zero-order valence-electron chi connectivity index (χ0n) is 15.9. The number of amides is 1. The van der Waals surface area contributed by atoms with Crippen LogP contribution in [-0.2, 0) is 9.84 Å². The van der Waals surface area contributed by atoms with Crippen molar-refractivity contribution in [3.63, 3.8) is 0 Å². The van der Waals surface area contributed by atoms with Crippen LogP contribution in [0.3, 0.4) is 0 Å². The summed E-state index contributed by atoms with van der Waals surface area (Å²) >= 11 is 3.23. The minimum Gasteiger partial charge on any atom is -0.444 e. The molecule has 1 amide bonds. The number of piperazine rings is 1. The molecule has 2 saturated heterocycles. The Morgan fingerprint density at radius 3 is 2.50 bits per heavy atom. The Morgan fingerprint density at radius 1 is 1.21 bits per heavy atom. The van der Waals surface area contributed by atoms with E-state index < -0.39 is 9.84 Å². The fourth-order valence-electron chi connectivity index (χ4n) is 4.15. The lowest BCUT2D eigenvalue weighted by atomic mass is 10.2. The Kier molecular flexibility index (Phi) is 5.03. The molecular weight excluding hydrogens is 448 g/mol. The summed E-state index contributed by atoms with van der Waals surface area (Å²) in [7, 11) is -2.96. The first-order valence-electron chi connectivity index (χ1n) is 9.31. The van der Waals surface area contributed by atoms with Gasteiger partial charge in [0.05, 0.1) is 34.6 Å². The van der Waals surface area contributed by atoms with E-state index in [1.54, 1.807) is 17.0 Å². The van der Waals surface area contributed by atoms with Gasteiger partial charge in [-0.2, -0.15) is 5.10 Å². The van der Waals surface area contributed by atoms with Crippen molar-refractivity contribution in [3.05, 3.63) is 34.0 Å². The Balaban J connectivity index is 1.47. The lowest BCUT2D eigenvalue weighted by molar-refractivity contribution is 0.0713. The molecule has 10 heteroatoms. The van der Waals surface area contributed by atoms with Crippen LogP contribution in [0.1, 0.15) is 34.4 Å². The molecule has 0 aliphatic carbocycles. The number of nitrogens with zero attached hydrogens (tertiary/aromatic N) is 4. The molecule has 1 atom stereocenters. The molecule has 0 N–H and O–H groups in total. The van der Waals surface area contributed by atoms with Gasteiger partial charge < -0.3 is 14.2 Å². The highest BCUT2D eigenvalue weighted by molar-refractivity contribution is 9.10. The number of aryl methyl sites for hydroxylation is 1. The van der Waals surface area contributed by atoms with Crippen LogP contribution in [0.2, 0.25) is 0 Å². The molecule has 4 heterocycles. The van der Waals surface area contributed by atoms with Gasteiger partial charge in [-0.15, -0.1) is 0 Å². The average molecular weight is 471 g/mol. The van der Waals surface area contributed by atoms with Crippen LogP contribution in [0.4, 0.5) is 5.69 Å². The molecular formula is C18H23BrN4O4S. The van der Waals surface area contributed by atoms with E-state index in [1.807, 2.05) is 18.5 Å². The normalized spacial score (nSPS) is 22.0. The van der Waals surface area contributed by atoms with E-state index in [-0.39, 0.29) is 23.5 Å². The molecule has 4 rings (SSSR count). The smallest absolute Gasteiger partial charge is 0.289 e. The standard InChI is InChI=1S/C18H23BrN4O4S/c1-12-17(13(2)23(20-12)14-5-10-28(25,26)11-14)21-6-8-22(9-7-21)18(24)15-3-4-16(19)27-15/h3-4,14H,5-11H2,1-2H3. The van der Waals surface area contributed by atoms with E-state index in [0.717, 1.165) is 17.1 Å². The Hall–Kier alpha value is -1.81. The summed E-state index contributed by atoms with van der Waals surface area (Å²) in [5, 5.41) is 4.65. The Morgan fingerprint density at radius 2 is 1.93 bits per heavy atom. The van der Waals surface area contributed by atoms with Gasteiger partial charge in [0, 0.05) is 26.2 Å². The molecule has 0 radical (unpaired) electrons. The molecule has 2 aromatic rings. The maximum atomic E-state index is 12.5. The number of aromatic nitrogens is 2. The molecule has 0 saturated carbocycles. The number of sulfone groups is 1. The van der Waals surface area contributed by atoms with Crippen LogP contribution in [0, 0.1) is 13.8 Å². The van der Waals surface area contributed by atoms with Crippen molar-refractivity contribution in [2.75, 3.05) is 42.6 Å². The molecule has 2 aromatic heterocycles. The van der Waals surface area contributed by atoms with Crippen LogP contribution in [0.15, 0.2) is 21.2 Å². The molecule has 2 fully saturated rings. The second-order valence-electron chi connectivity index (χ2n) is 7.40. The summed E-state index contributed by atoms with van der Waals surface area (Å²) in [5.41, 5.74) is 2.95. The SMILES string of the molecule is Cc1nn(C2CCS(=O)(=O)C2)c(C)c1N1CCN(C(=O)c2ccc(Br)o2)CC1. The van der Waals surface area contributed by atoms with E-state index in [2.05, 4.69) is 25.9 Å². The summed E-state index contributed by atoms with van der Waals surface area (Å²) in [6.45, 7) is 6.55. The van der Waals surface area contributed by atoms with Gasteiger partial charge in [0.15, 0.2) is 20.3 Å². The first-order valence-corrected chi connectivity index (χ1v) is 11.9. The number of hydrogen-bond donors (Lipinski definition) is 0. The summed E-state index contributed by atoms with van der Waals surface area (Å²) < 4.78 is 31.5. The van der Waals surface area contributed by atoms with Crippen molar-refractivity contribution >= 4 is 37.4 Å². The van der Waals surface area contributed by atoms with Gasteiger partial charge in [-0.3, -0.25) is 9.48 Å². The van der Waals surface area contributed by atoms with Gasteiger partial charge in [-0.25, -0.2) is 8.42 Å². The number of anilines is 1. The average Bonchev–Trinajstić information content (AvgIpc) is 3.32. The highest BCUT2D eigenvalue weighted by Gasteiger charge is 2.33. The lowest BCUT2D eigenvalue weighted by Crippen LogP contribution is -2.49. The van der Waals surface area contributed by atoms with Gasteiger partial charge in [-0.05, 0) is 48.3 Å². The number of rotatable bonds is 3. The third-order valence-electron chi connectivity index (χ3n) is 5.51. The maximum Gasteiger partial charge on any atom is 0.289 e. The van der Waals surface area contributed by atoms with Crippen LogP contribution in [0.25, 0.3) is 0 Å². The van der Waals surface area contributed by atoms with E-state index in [1.165, 1.54) is 0 Å². The van der Waals surface area contributed by atoms with E-state index in [0.29, 0.717) is 43.0 Å². The van der Waals surface area contributed by atoms with Gasteiger partial charge in [0.25, 0.3) is 5.91 Å². The van der Waals surface area contributed by atoms with Crippen molar-refractivity contribution in [2.45, 2.75) is 26.3 Å². The molecule has 8 nitrogen and oxygen atoms in total. The first-order chi connectivity index (χ1) is 13.2. The predicted octanol–water partition coefficient (Wildman–Crippen LogP) is 2.18. The van der Waals surface area contributed by atoms with Crippen LogP contribution < -0.4 is 4.90 Å². The molecule has 1 unspecified atom stereocenters. The molecule has 0 aromatic carbocycles. The zero-order chi connectivity index (χ0) is 20.1. The highest BCUT2D eigenvalue weighted by atomic mass is 79.9. The van der Waals surface area contributed by atoms with E-state index >= 15 is 0 Å². The summed E-state index contributed by atoms with van der Waals surface area (Å²) in [4.78, 5) is 16.6. The van der Waals surface area contributed by atoms with Gasteiger partial charge in [0.2, 0.25) is 0 Å². The Labute approximate surface area is 172 Å². The molecule has 2 aliphatic heterocycles. The molecule has 28 heavy (non-hydrogen) atoms. The number of halogens is 1.